The smallest absolute Gasteiger partial charge is 0.128 e. The number of rotatable bonds is 3. The first-order valence-corrected chi connectivity index (χ1v) is 5.36. The molecule has 2 atom stereocenters. The molecule has 0 amide bonds. The molecular weight excluding hydrogens is 252 g/mol. The Hall–Kier alpha value is -0.350. The summed E-state index contributed by atoms with van der Waals surface area (Å²) in [5, 5.41) is 10.2. The van der Waals surface area contributed by atoms with Crippen molar-refractivity contribution in [2.45, 2.75) is 25.0 Å². The second-order valence-electron chi connectivity index (χ2n) is 4.02. The highest BCUT2D eigenvalue weighted by molar-refractivity contribution is 6.30. The van der Waals surface area contributed by atoms with Gasteiger partial charge in [-0.25, -0.2) is 4.39 Å². The second-order valence-corrected chi connectivity index (χ2v) is 4.46. The lowest BCUT2D eigenvalue weighted by Crippen LogP contribution is -2.28. The van der Waals surface area contributed by atoms with Crippen molar-refractivity contribution in [1.29, 1.82) is 0 Å². The van der Waals surface area contributed by atoms with Crippen LogP contribution in [0.5, 0.6) is 0 Å². The van der Waals surface area contributed by atoms with Crippen molar-refractivity contribution in [3.8, 4) is 0 Å². The predicted octanol–water partition coefficient (Wildman–Crippen LogP) is 2.67. The average Bonchev–Trinajstić information content (AvgIpc) is 3.03. The van der Waals surface area contributed by atoms with E-state index in [0.29, 0.717) is 10.6 Å². The van der Waals surface area contributed by atoms with Crippen LogP contribution in [-0.4, -0.2) is 11.2 Å². The molecule has 0 heterocycles. The number of halogens is 3. The fourth-order valence-corrected chi connectivity index (χ4v) is 1.87. The fraction of sp³-hybridized carbons (Fsp3) is 0.455. The maximum atomic E-state index is 13.4. The molecule has 1 aromatic rings. The van der Waals surface area contributed by atoms with Gasteiger partial charge < -0.3 is 10.8 Å². The third-order valence-corrected chi connectivity index (χ3v) is 3.03. The number of hydrogen-bond acceptors (Lipinski definition) is 2. The van der Waals surface area contributed by atoms with Gasteiger partial charge in [-0.1, -0.05) is 11.6 Å². The summed E-state index contributed by atoms with van der Waals surface area (Å²) in [7, 11) is 0. The van der Waals surface area contributed by atoms with Crippen LogP contribution in [0.1, 0.15) is 24.4 Å². The molecule has 1 aliphatic rings. The third-order valence-electron chi connectivity index (χ3n) is 2.79. The average molecular weight is 266 g/mol. The molecule has 1 aliphatic carbocycles. The van der Waals surface area contributed by atoms with Gasteiger partial charge in [0.2, 0.25) is 0 Å². The molecule has 0 spiro atoms. The van der Waals surface area contributed by atoms with E-state index in [9.17, 15) is 9.50 Å². The first kappa shape index (κ1) is 13.7. The van der Waals surface area contributed by atoms with E-state index >= 15 is 0 Å². The zero-order valence-electron chi connectivity index (χ0n) is 8.57. The molecular formula is C11H14Cl2FNO. The summed E-state index contributed by atoms with van der Waals surface area (Å²) in [4.78, 5) is 0. The lowest BCUT2D eigenvalue weighted by atomic mass is 9.99. The largest absolute Gasteiger partial charge is 0.391 e. The van der Waals surface area contributed by atoms with Crippen LogP contribution in [0.4, 0.5) is 4.39 Å². The molecule has 2 nitrogen and oxygen atoms in total. The standard InChI is InChI=1S/C11H13ClFNO.ClH/c12-7-3-4-9(13)8(5-7)10(14)11(15)6-1-2-6;/h3-6,10-11,15H,1-2,14H2;1H/t10-,11+;/m0./s1. The molecule has 5 heteroatoms. The molecule has 1 saturated carbocycles. The molecule has 3 N–H and O–H groups in total. The summed E-state index contributed by atoms with van der Waals surface area (Å²) in [6.45, 7) is 0. The van der Waals surface area contributed by atoms with Crippen LogP contribution in [0.2, 0.25) is 5.02 Å². The molecule has 0 aromatic heterocycles. The van der Waals surface area contributed by atoms with E-state index in [1.54, 1.807) is 0 Å². The highest BCUT2D eigenvalue weighted by Gasteiger charge is 2.35. The Labute approximate surface area is 105 Å². The zero-order valence-corrected chi connectivity index (χ0v) is 10.1. The first-order valence-electron chi connectivity index (χ1n) is 4.98. The van der Waals surface area contributed by atoms with Crippen LogP contribution < -0.4 is 5.73 Å². The Kier molecular flexibility index (Phi) is 4.56. The van der Waals surface area contributed by atoms with Crippen molar-refractivity contribution in [2.75, 3.05) is 0 Å². The molecule has 0 bridgehead atoms. The van der Waals surface area contributed by atoms with Gasteiger partial charge in [-0.05, 0) is 37.0 Å². The Morgan fingerprint density at radius 3 is 2.62 bits per heavy atom. The van der Waals surface area contributed by atoms with Crippen LogP contribution in [0.3, 0.4) is 0 Å². The summed E-state index contributed by atoms with van der Waals surface area (Å²) in [5.74, 6) is -0.190. The Morgan fingerprint density at radius 1 is 1.44 bits per heavy atom. The number of aliphatic hydroxyl groups is 1. The first-order chi connectivity index (χ1) is 7.09. The summed E-state index contributed by atoms with van der Waals surface area (Å²) in [6, 6.07) is 3.54. The van der Waals surface area contributed by atoms with E-state index in [1.807, 2.05) is 0 Å². The van der Waals surface area contributed by atoms with Crippen LogP contribution >= 0.6 is 24.0 Å². The maximum Gasteiger partial charge on any atom is 0.128 e. The molecule has 90 valence electrons. The van der Waals surface area contributed by atoms with E-state index in [2.05, 4.69) is 0 Å². The minimum atomic E-state index is -0.684. The highest BCUT2D eigenvalue weighted by Crippen LogP contribution is 2.37. The molecule has 0 aliphatic heterocycles. The number of aliphatic hydroxyl groups excluding tert-OH is 1. The van der Waals surface area contributed by atoms with E-state index in [4.69, 9.17) is 17.3 Å². The predicted molar refractivity (Wildman–Crippen MR) is 64.3 cm³/mol. The van der Waals surface area contributed by atoms with Gasteiger partial charge in [0.25, 0.3) is 0 Å². The zero-order chi connectivity index (χ0) is 11.0. The van der Waals surface area contributed by atoms with Gasteiger partial charge in [-0.2, -0.15) is 0 Å². The summed E-state index contributed by atoms with van der Waals surface area (Å²) in [5.41, 5.74) is 6.09. The third kappa shape index (κ3) is 2.86. The van der Waals surface area contributed by atoms with Crippen LogP contribution in [0, 0.1) is 11.7 Å². The van der Waals surface area contributed by atoms with Crippen LogP contribution in [0.15, 0.2) is 18.2 Å². The maximum absolute atomic E-state index is 13.4. The Bertz CT molecular complexity index is 371. The van der Waals surface area contributed by atoms with E-state index in [-0.39, 0.29) is 18.3 Å². The van der Waals surface area contributed by atoms with Gasteiger partial charge in [0.15, 0.2) is 0 Å². The van der Waals surface area contributed by atoms with Gasteiger partial charge in [0.1, 0.15) is 5.82 Å². The number of nitrogens with two attached hydrogens (primary N) is 1. The van der Waals surface area contributed by atoms with E-state index in [0.717, 1.165) is 12.8 Å². The fourth-order valence-electron chi connectivity index (χ4n) is 1.68. The van der Waals surface area contributed by atoms with Crippen molar-refractivity contribution in [1.82, 2.24) is 0 Å². The second kappa shape index (κ2) is 5.32. The van der Waals surface area contributed by atoms with Crippen molar-refractivity contribution >= 4 is 24.0 Å². The number of hydrogen-bond donors (Lipinski definition) is 2. The van der Waals surface area contributed by atoms with Crippen molar-refractivity contribution in [3.05, 3.63) is 34.6 Å². The lowest BCUT2D eigenvalue weighted by molar-refractivity contribution is 0.121. The molecule has 16 heavy (non-hydrogen) atoms. The molecule has 0 radical (unpaired) electrons. The lowest BCUT2D eigenvalue weighted by Gasteiger charge is -2.19. The quantitative estimate of drug-likeness (QED) is 0.883. The van der Waals surface area contributed by atoms with E-state index < -0.39 is 18.0 Å². The van der Waals surface area contributed by atoms with Crippen molar-refractivity contribution < 1.29 is 9.50 Å². The molecule has 0 saturated heterocycles. The van der Waals surface area contributed by atoms with Gasteiger partial charge in [0.05, 0.1) is 12.1 Å². The monoisotopic (exact) mass is 265 g/mol. The minimum Gasteiger partial charge on any atom is -0.391 e. The summed E-state index contributed by atoms with van der Waals surface area (Å²) < 4.78 is 13.4. The van der Waals surface area contributed by atoms with Crippen molar-refractivity contribution in [3.63, 3.8) is 0 Å². The molecule has 1 aromatic carbocycles. The van der Waals surface area contributed by atoms with Gasteiger partial charge in [0, 0.05) is 10.6 Å². The highest BCUT2D eigenvalue weighted by atomic mass is 35.5. The minimum absolute atomic E-state index is 0. The normalized spacial score (nSPS) is 18.8. The Morgan fingerprint density at radius 2 is 2.06 bits per heavy atom. The van der Waals surface area contributed by atoms with Gasteiger partial charge in [-0.3, -0.25) is 0 Å². The topological polar surface area (TPSA) is 46.2 Å². The molecule has 0 unspecified atom stereocenters. The molecule has 1 fully saturated rings. The van der Waals surface area contributed by atoms with E-state index in [1.165, 1.54) is 18.2 Å². The number of benzene rings is 1. The van der Waals surface area contributed by atoms with Crippen molar-refractivity contribution in [2.24, 2.45) is 11.7 Å². The SMILES string of the molecule is Cl.N[C@@H](c1cc(Cl)ccc1F)[C@H](O)C1CC1. The van der Waals surface area contributed by atoms with Crippen LogP contribution in [-0.2, 0) is 0 Å². The summed E-state index contributed by atoms with van der Waals surface area (Å²) in [6.07, 6.45) is 1.27. The molecule has 2 rings (SSSR count). The van der Waals surface area contributed by atoms with Gasteiger partial charge >= 0.3 is 0 Å². The Balaban J connectivity index is 0.00000128. The van der Waals surface area contributed by atoms with Gasteiger partial charge in [-0.15, -0.1) is 12.4 Å². The summed E-state index contributed by atoms with van der Waals surface area (Å²) >= 11 is 5.76. The van der Waals surface area contributed by atoms with Crippen LogP contribution in [0.25, 0.3) is 0 Å².